The van der Waals surface area contributed by atoms with E-state index in [2.05, 4.69) is 59.8 Å². The molecule has 0 saturated heterocycles. The van der Waals surface area contributed by atoms with Crippen LogP contribution in [0.4, 0.5) is 0 Å². The van der Waals surface area contributed by atoms with Crippen LogP contribution in [0.1, 0.15) is 75.1 Å². The van der Waals surface area contributed by atoms with Crippen LogP contribution in [0.3, 0.4) is 0 Å². The highest BCUT2D eigenvalue weighted by atomic mass is 127. The molecule has 1 aliphatic carbocycles. The van der Waals surface area contributed by atoms with E-state index in [9.17, 15) is 0 Å². The molecule has 1 aliphatic rings. The number of rotatable bonds is 8. The first-order chi connectivity index (χ1) is 15.0. The van der Waals surface area contributed by atoms with Crippen molar-refractivity contribution in [2.45, 2.75) is 91.5 Å². The molecule has 1 unspecified atom stereocenters. The van der Waals surface area contributed by atoms with Crippen LogP contribution >= 0.6 is 24.0 Å². The van der Waals surface area contributed by atoms with Crippen LogP contribution in [0.2, 0.25) is 0 Å². The second kappa shape index (κ2) is 13.0. The Kier molecular flexibility index (Phi) is 10.7. The summed E-state index contributed by atoms with van der Waals surface area (Å²) >= 11 is 0. The summed E-state index contributed by atoms with van der Waals surface area (Å²) in [6, 6.07) is 6.83. The molecule has 1 heterocycles. The number of benzene rings is 1. The van der Waals surface area contributed by atoms with Crippen molar-refractivity contribution < 1.29 is 4.74 Å². The molecule has 178 valence electrons. The van der Waals surface area contributed by atoms with Crippen molar-refractivity contribution >= 4 is 29.9 Å². The zero-order valence-corrected chi connectivity index (χ0v) is 22.5. The Morgan fingerprint density at radius 2 is 1.97 bits per heavy atom. The smallest absolute Gasteiger partial charge is 0.192 e. The second-order valence-corrected chi connectivity index (χ2v) is 8.67. The molecule has 0 radical (unpaired) electrons. The lowest BCUT2D eigenvalue weighted by molar-refractivity contribution is 0.215. The van der Waals surface area contributed by atoms with Crippen molar-refractivity contribution in [3.8, 4) is 5.75 Å². The first-order valence-corrected chi connectivity index (χ1v) is 11.6. The quantitative estimate of drug-likeness (QED) is 0.279. The maximum atomic E-state index is 6.17. The number of nitrogens with one attached hydrogen (secondary N) is 2. The molecular weight excluding hydrogens is 515 g/mol. The van der Waals surface area contributed by atoms with Gasteiger partial charge in [0.1, 0.15) is 11.6 Å². The number of aryl methyl sites for hydroxylation is 2. The Bertz CT molecular complexity index is 875. The highest BCUT2D eigenvalue weighted by Crippen LogP contribution is 2.23. The summed E-state index contributed by atoms with van der Waals surface area (Å²) in [5.41, 5.74) is 2.30. The highest BCUT2D eigenvalue weighted by Gasteiger charge is 2.16. The number of aliphatic imine (C=N–C) groups is 1. The minimum Gasteiger partial charge on any atom is -0.490 e. The van der Waals surface area contributed by atoms with E-state index in [1.165, 1.54) is 37.7 Å². The predicted molar refractivity (Wildman–Crippen MR) is 141 cm³/mol. The number of nitrogens with zero attached hydrogens (tertiary/aromatic N) is 4. The molecular formula is C24H39IN6O. The summed E-state index contributed by atoms with van der Waals surface area (Å²) in [6.45, 7) is 9.45. The van der Waals surface area contributed by atoms with E-state index >= 15 is 0 Å². The zero-order valence-electron chi connectivity index (χ0n) is 20.1. The number of aromatic nitrogens is 3. The maximum Gasteiger partial charge on any atom is 0.192 e. The summed E-state index contributed by atoms with van der Waals surface area (Å²) in [7, 11) is 1.99. The SMILES string of the molecule is CCC(C)Oc1cc(C)ccc1CN=C(NCc1nnc(C)n1C)NC1CCCCC1.I. The number of hydrogen-bond acceptors (Lipinski definition) is 4. The van der Waals surface area contributed by atoms with E-state index in [4.69, 9.17) is 9.73 Å². The normalized spacial score (nSPS) is 15.7. The average Bonchev–Trinajstić information content (AvgIpc) is 3.09. The van der Waals surface area contributed by atoms with Crippen LogP contribution in [0, 0.1) is 13.8 Å². The van der Waals surface area contributed by atoms with Gasteiger partial charge in [0.05, 0.1) is 19.2 Å². The number of guanidine groups is 1. The van der Waals surface area contributed by atoms with Crippen LogP contribution in [-0.4, -0.2) is 32.9 Å². The summed E-state index contributed by atoms with van der Waals surface area (Å²) in [6.07, 6.45) is 7.42. The van der Waals surface area contributed by atoms with E-state index in [0.29, 0.717) is 19.1 Å². The third kappa shape index (κ3) is 7.64. The monoisotopic (exact) mass is 554 g/mol. The van der Waals surface area contributed by atoms with Crippen molar-refractivity contribution in [2.24, 2.45) is 12.0 Å². The number of hydrogen-bond donors (Lipinski definition) is 2. The molecule has 1 atom stereocenters. The first kappa shape index (κ1) is 26.4. The molecule has 0 aliphatic heterocycles. The average molecular weight is 555 g/mol. The minimum absolute atomic E-state index is 0. The van der Waals surface area contributed by atoms with Crippen molar-refractivity contribution in [3.05, 3.63) is 41.0 Å². The van der Waals surface area contributed by atoms with E-state index in [-0.39, 0.29) is 30.1 Å². The number of ether oxygens (including phenoxy) is 1. The van der Waals surface area contributed by atoms with E-state index in [1.54, 1.807) is 0 Å². The van der Waals surface area contributed by atoms with Gasteiger partial charge in [-0.1, -0.05) is 38.3 Å². The van der Waals surface area contributed by atoms with Gasteiger partial charge in [-0.2, -0.15) is 0 Å². The molecule has 2 N–H and O–H groups in total. The predicted octanol–water partition coefficient (Wildman–Crippen LogP) is 4.80. The highest BCUT2D eigenvalue weighted by molar-refractivity contribution is 14.0. The van der Waals surface area contributed by atoms with Gasteiger partial charge in [0.25, 0.3) is 0 Å². The molecule has 3 rings (SSSR count). The van der Waals surface area contributed by atoms with Gasteiger partial charge in [0.15, 0.2) is 11.8 Å². The lowest BCUT2D eigenvalue weighted by Crippen LogP contribution is -2.44. The molecule has 8 heteroatoms. The van der Waals surface area contributed by atoms with Crippen LogP contribution in [-0.2, 0) is 20.1 Å². The Morgan fingerprint density at radius 1 is 1.22 bits per heavy atom. The zero-order chi connectivity index (χ0) is 22.2. The van der Waals surface area contributed by atoms with Gasteiger partial charge in [-0.25, -0.2) is 4.99 Å². The lowest BCUT2D eigenvalue weighted by Gasteiger charge is -2.25. The molecule has 1 fully saturated rings. The van der Waals surface area contributed by atoms with E-state index < -0.39 is 0 Å². The summed E-state index contributed by atoms with van der Waals surface area (Å²) in [5.74, 6) is 3.55. The fourth-order valence-electron chi connectivity index (χ4n) is 3.73. The summed E-state index contributed by atoms with van der Waals surface area (Å²) in [5, 5.41) is 15.5. The molecule has 1 saturated carbocycles. The Balaban J connectivity index is 0.00000363. The molecule has 1 aromatic carbocycles. The lowest BCUT2D eigenvalue weighted by atomic mass is 9.96. The Hall–Kier alpha value is -1.84. The third-order valence-corrected chi connectivity index (χ3v) is 6.08. The van der Waals surface area contributed by atoms with Crippen molar-refractivity contribution in [1.29, 1.82) is 0 Å². The van der Waals surface area contributed by atoms with Crippen LogP contribution in [0.15, 0.2) is 23.2 Å². The van der Waals surface area contributed by atoms with Gasteiger partial charge in [-0.05, 0) is 51.7 Å². The third-order valence-electron chi connectivity index (χ3n) is 6.08. The molecule has 0 amide bonds. The molecule has 1 aromatic heterocycles. The molecule has 2 aromatic rings. The summed E-state index contributed by atoms with van der Waals surface area (Å²) < 4.78 is 8.18. The van der Waals surface area contributed by atoms with E-state index in [1.807, 2.05) is 18.5 Å². The van der Waals surface area contributed by atoms with Crippen molar-refractivity contribution in [2.75, 3.05) is 0 Å². The number of halogens is 1. The Labute approximate surface area is 209 Å². The largest absolute Gasteiger partial charge is 0.490 e. The van der Waals surface area contributed by atoms with Gasteiger partial charge < -0.3 is 19.9 Å². The fraction of sp³-hybridized carbons (Fsp3) is 0.625. The van der Waals surface area contributed by atoms with Crippen molar-refractivity contribution in [1.82, 2.24) is 25.4 Å². The van der Waals surface area contributed by atoms with Crippen LogP contribution in [0.25, 0.3) is 0 Å². The molecule has 32 heavy (non-hydrogen) atoms. The van der Waals surface area contributed by atoms with Crippen LogP contribution < -0.4 is 15.4 Å². The second-order valence-electron chi connectivity index (χ2n) is 8.67. The van der Waals surface area contributed by atoms with Gasteiger partial charge >= 0.3 is 0 Å². The fourth-order valence-corrected chi connectivity index (χ4v) is 3.73. The standard InChI is InChI=1S/C24H38N6O.HI/c1-6-18(3)31-22-14-17(2)12-13-20(22)15-25-24(27-21-10-8-7-9-11-21)26-16-23-29-28-19(4)30(23)5;/h12-14,18,21H,6-11,15-16H2,1-5H3,(H2,25,26,27);1H. The molecule has 0 bridgehead atoms. The summed E-state index contributed by atoms with van der Waals surface area (Å²) in [4.78, 5) is 4.92. The first-order valence-electron chi connectivity index (χ1n) is 11.6. The maximum absolute atomic E-state index is 6.17. The van der Waals surface area contributed by atoms with Gasteiger partial charge in [-0.3, -0.25) is 0 Å². The topological polar surface area (TPSA) is 76.4 Å². The van der Waals surface area contributed by atoms with Gasteiger partial charge in [-0.15, -0.1) is 34.2 Å². The van der Waals surface area contributed by atoms with Crippen molar-refractivity contribution in [3.63, 3.8) is 0 Å². The van der Waals surface area contributed by atoms with Gasteiger partial charge in [0, 0.05) is 18.7 Å². The van der Waals surface area contributed by atoms with Crippen LogP contribution in [0.5, 0.6) is 5.75 Å². The van der Waals surface area contributed by atoms with Gasteiger partial charge in [0.2, 0.25) is 0 Å². The van der Waals surface area contributed by atoms with E-state index in [0.717, 1.165) is 35.3 Å². The Morgan fingerprint density at radius 3 is 2.62 bits per heavy atom. The minimum atomic E-state index is 0. The molecule has 0 spiro atoms. The molecule has 7 nitrogen and oxygen atoms in total.